The summed E-state index contributed by atoms with van der Waals surface area (Å²) in [7, 11) is -2.46. The van der Waals surface area contributed by atoms with Crippen LogP contribution in [-0.2, 0) is 14.9 Å². The van der Waals surface area contributed by atoms with Crippen molar-refractivity contribution in [3.05, 3.63) is 0 Å². The van der Waals surface area contributed by atoms with E-state index in [1.165, 1.54) is 11.4 Å². The Kier molecular flexibility index (Phi) is 4.94. The molecule has 0 aromatic heterocycles. The minimum absolute atomic E-state index is 0.118. The highest BCUT2D eigenvalue weighted by Crippen LogP contribution is 2.34. The molecule has 0 atom stereocenters. The average Bonchev–Trinajstić information content (AvgIpc) is 2.77. The zero-order valence-electron chi connectivity index (χ0n) is 10.8. The fourth-order valence-corrected chi connectivity index (χ4v) is 3.44. The van der Waals surface area contributed by atoms with E-state index in [1.807, 2.05) is 4.72 Å². The molecule has 0 radical (unpaired) electrons. The Hall–Kier alpha value is -0.860. The molecule has 0 aromatic rings. The molecule has 1 aliphatic rings. The topological polar surface area (TPSA) is 102 Å². The van der Waals surface area contributed by atoms with Crippen molar-refractivity contribution in [1.82, 2.24) is 9.03 Å². The standard InChI is InChI=1S/C10H21N3O4S/c1-3-17-9(14)12-18(15,16)13(2)10(8-11)6-4-5-7-10/h3-8,11H2,1-2H3,(H,12,14). The number of nitrogens with one attached hydrogen (secondary N) is 1. The summed E-state index contributed by atoms with van der Waals surface area (Å²) >= 11 is 0. The van der Waals surface area contributed by atoms with Crippen molar-refractivity contribution in [2.45, 2.75) is 38.1 Å². The lowest BCUT2D eigenvalue weighted by molar-refractivity contribution is 0.156. The zero-order valence-corrected chi connectivity index (χ0v) is 11.6. The lowest BCUT2D eigenvalue weighted by Crippen LogP contribution is -2.56. The normalized spacial score (nSPS) is 18.9. The maximum atomic E-state index is 12.0. The van der Waals surface area contributed by atoms with Gasteiger partial charge in [-0.05, 0) is 19.8 Å². The van der Waals surface area contributed by atoms with E-state index >= 15 is 0 Å². The van der Waals surface area contributed by atoms with E-state index in [2.05, 4.69) is 4.74 Å². The molecule has 0 spiro atoms. The van der Waals surface area contributed by atoms with Crippen LogP contribution >= 0.6 is 0 Å². The fraction of sp³-hybridized carbons (Fsp3) is 0.900. The lowest BCUT2D eigenvalue weighted by Gasteiger charge is -2.36. The van der Waals surface area contributed by atoms with Crippen LogP contribution in [0.5, 0.6) is 0 Å². The SMILES string of the molecule is CCOC(=O)NS(=O)(=O)N(C)C1(CN)CCCC1. The summed E-state index contributed by atoms with van der Waals surface area (Å²) in [6, 6.07) is 0. The van der Waals surface area contributed by atoms with Crippen LogP contribution in [0.15, 0.2) is 0 Å². The average molecular weight is 279 g/mol. The molecule has 0 aromatic carbocycles. The van der Waals surface area contributed by atoms with E-state index in [9.17, 15) is 13.2 Å². The Morgan fingerprint density at radius 3 is 2.44 bits per heavy atom. The van der Waals surface area contributed by atoms with Crippen molar-refractivity contribution < 1.29 is 17.9 Å². The van der Waals surface area contributed by atoms with Crippen LogP contribution in [0.2, 0.25) is 0 Å². The molecule has 1 fully saturated rings. The third kappa shape index (κ3) is 3.12. The number of nitrogens with zero attached hydrogens (tertiary/aromatic N) is 1. The zero-order chi connectivity index (χ0) is 13.8. The van der Waals surface area contributed by atoms with Gasteiger partial charge < -0.3 is 10.5 Å². The fourth-order valence-electron chi connectivity index (χ4n) is 2.27. The van der Waals surface area contributed by atoms with E-state index in [0.29, 0.717) is 12.8 Å². The maximum absolute atomic E-state index is 12.0. The van der Waals surface area contributed by atoms with Gasteiger partial charge in [-0.1, -0.05) is 12.8 Å². The molecule has 0 saturated heterocycles. The van der Waals surface area contributed by atoms with Gasteiger partial charge in [0.1, 0.15) is 0 Å². The molecule has 1 aliphatic carbocycles. The first-order valence-electron chi connectivity index (χ1n) is 6.01. The first-order chi connectivity index (χ1) is 8.38. The molecule has 18 heavy (non-hydrogen) atoms. The first kappa shape index (κ1) is 15.2. The predicted octanol–water partition coefficient (Wildman–Crippen LogP) is 0.181. The summed E-state index contributed by atoms with van der Waals surface area (Å²) in [4.78, 5) is 11.2. The Balaban J connectivity index is 2.80. The molecule has 8 heteroatoms. The van der Waals surface area contributed by atoms with Crippen LogP contribution < -0.4 is 10.5 Å². The maximum Gasteiger partial charge on any atom is 0.421 e. The molecular weight excluding hydrogens is 258 g/mol. The number of carbonyl (C=O) groups excluding carboxylic acids is 1. The molecule has 0 heterocycles. The first-order valence-corrected chi connectivity index (χ1v) is 7.45. The summed E-state index contributed by atoms with van der Waals surface area (Å²) in [6.45, 7) is 1.97. The van der Waals surface area contributed by atoms with E-state index < -0.39 is 21.8 Å². The number of amides is 1. The van der Waals surface area contributed by atoms with Crippen molar-refractivity contribution in [3.63, 3.8) is 0 Å². The van der Waals surface area contributed by atoms with Crippen LogP contribution in [0, 0.1) is 0 Å². The quantitative estimate of drug-likeness (QED) is 0.747. The number of carbonyl (C=O) groups is 1. The minimum Gasteiger partial charge on any atom is -0.449 e. The van der Waals surface area contributed by atoms with Crippen molar-refractivity contribution in [1.29, 1.82) is 0 Å². The molecule has 0 unspecified atom stereocenters. The summed E-state index contributed by atoms with van der Waals surface area (Å²) in [5.74, 6) is 0. The van der Waals surface area contributed by atoms with Crippen LogP contribution in [0.25, 0.3) is 0 Å². The molecule has 7 nitrogen and oxygen atoms in total. The van der Waals surface area contributed by atoms with Crippen LogP contribution in [0.3, 0.4) is 0 Å². The molecule has 0 aliphatic heterocycles. The largest absolute Gasteiger partial charge is 0.449 e. The number of ether oxygens (including phenoxy) is 1. The smallest absolute Gasteiger partial charge is 0.421 e. The van der Waals surface area contributed by atoms with Gasteiger partial charge in [0, 0.05) is 19.1 Å². The van der Waals surface area contributed by atoms with Crippen LogP contribution in [-0.4, -0.2) is 44.6 Å². The van der Waals surface area contributed by atoms with Crippen molar-refractivity contribution in [3.8, 4) is 0 Å². The lowest BCUT2D eigenvalue weighted by atomic mass is 9.98. The van der Waals surface area contributed by atoms with Gasteiger partial charge in [0.15, 0.2) is 0 Å². The van der Waals surface area contributed by atoms with Gasteiger partial charge in [0.2, 0.25) is 0 Å². The van der Waals surface area contributed by atoms with E-state index in [1.54, 1.807) is 6.92 Å². The number of rotatable bonds is 5. The van der Waals surface area contributed by atoms with Gasteiger partial charge in [0.05, 0.1) is 6.61 Å². The predicted molar refractivity (Wildman–Crippen MR) is 67.1 cm³/mol. The minimum atomic E-state index is -3.91. The molecule has 1 saturated carbocycles. The van der Waals surface area contributed by atoms with Gasteiger partial charge in [-0.15, -0.1) is 0 Å². The Bertz CT molecular complexity index is 390. The van der Waals surface area contributed by atoms with Gasteiger partial charge in [-0.2, -0.15) is 12.7 Å². The summed E-state index contributed by atoms with van der Waals surface area (Å²) in [5.41, 5.74) is 5.12. The molecule has 3 N–H and O–H groups in total. The highest BCUT2D eigenvalue weighted by Gasteiger charge is 2.42. The number of nitrogens with two attached hydrogens (primary N) is 1. The summed E-state index contributed by atoms with van der Waals surface area (Å²) in [6.07, 6.45) is 2.34. The van der Waals surface area contributed by atoms with Gasteiger partial charge in [-0.25, -0.2) is 9.52 Å². The monoisotopic (exact) mass is 279 g/mol. The summed E-state index contributed by atoms with van der Waals surface area (Å²) < 4.78 is 31.7. The van der Waals surface area contributed by atoms with Crippen molar-refractivity contribution in [2.24, 2.45) is 5.73 Å². The number of hydrogen-bond donors (Lipinski definition) is 2. The van der Waals surface area contributed by atoms with E-state index in [4.69, 9.17) is 5.73 Å². The Morgan fingerprint density at radius 1 is 1.44 bits per heavy atom. The molecule has 106 valence electrons. The molecule has 0 bridgehead atoms. The van der Waals surface area contributed by atoms with E-state index in [-0.39, 0.29) is 13.2 Å². The molecule has 1 amide bonds. The van der Waals surface area contributed by atoms with Crippen LogP contribution in [0.1, 0.15) is 32.6 Å². The third-order valence-electron chi connectivity index (χ3n) is 3.43. The Morgan fingerprint density at radius 2 is 2.00 bits per heavy atom. The second-order valence-electron chi connectivity index (χ2n) is 4.43. The second-order valence-corrected chi connectivity index (χ2v) is 6.13. The highest BCUT2D eigenvalue weighted by atomic mass is 32.2. The van der Waals surface area contributed by atoms with Gasteiger partial charge >= 0.3 is 16.3 Å². The van der Waals surface area contributed by atoms with Gasteiger partial charge in [0.25, 0.3) is 0 Å². The van der Waals surface area contributed by atoms with Gasteiger partial charge in [-0.3, -0.25) is 0 Å². The van der Waals surface area contributed by atoms with Crippen molar-refractivity contribution >= 4 is 16.3 Å². The third-order valence-corrected chi connectivity index (χ3v) is 4.96. The Labute approximate surface area is 108 Å². The molecular formula is C10H21N3O4S. The van der Waals surface area contributed by atoms with E-state index in [0.717, 1.165) is 12.8 Å². The van der Waals surface area contributed by atoms with Crippen molar-refractivity contribution in [2.75, 3.05) is 20.2 Å². The van der Waals surface area contributed by atoms with Crippen LogP contribution in [0.4, 0.5) is 4.79 Å². The highest BCUT2D eigenvalue weighted by molar-refractivity contribution is 7.87. The summed E-state index contributed by atoms with van der Waals surface area (Å²) in [5, 5.41) is 0. The number of likely N-dealkylation sites (N-methyl/N-ethyl adjacent to an activating group) is 1. The number of hydrogen-bond acceptors (Lipinski definition) is 5. The molecule has 1 rings (SSSR count). The second kappa shape index (κ2) is 5.85.